The lowest BCUT2D eigenvalue weighted by Crippen LogP contribution is -2.17. The number of benzene rings is 2. The second-order valence-corrected chi connectivity index (χ2v) is 4.30. The summed E-state index contributed by atoms with van der Waals surface area (Å²) >= 11 is 0. The van der Waals surface area contributed by atoms with Crippen LogP contribution in [0.2, 0.25) is 0 Å². The largest absolute Gasteiger partial charge is 0.573 e. The molecule has 22 heavy (non-hydrogen) atoms. The predicted molar refractivity (Wildman–Crippen MR) is 72.8 cm³/mol. The minimum atomic E-state index is -4.78. The lowest BCUT2D eigenvalue weighted by molar-refractivity contribution is -0.274. The van der Waals surface area contributed by atoms with Gasteiger partial charge in [-0.2, -0.15) is 0 Å². The lowest BCUT2D eigenvalue weighted by atomic mass is 9.99. The monoisotopic (exact) mass is 339 g/mol. The first-order valence-corrected chi connectivity index (χ1v) is 5.82. The summed E-state index contributed by atoms with van der Waals surface area (Å²) < 4.78 is 66.0. The van der Waals surface area contributed by atoms with Crippen LogP contribution in [0.15, 0.2) is 42.5 Å². The van der Waals surface area contributed by atoms with Gasteiger partial charge in [-0.05, 0) is 35.4 Å². The molecule has 0 fully saturated rings. The average Bonchev–Trinajstić information content (AvgIpc) is 2.35. The number of rotatable bonds is 3. The van der Waals surface area contributed by atoms with Gasteiger partial charge in [0.2, 0.25) is 0 Å². The van der Waals surface area contributed by atoms with Crippen molar-refractivity contribution in [3.05, 3.63) is 65.2 Å². The van der Waals surface area contributed by atoms with Crippen molar-refractivity contribution in [2.45, 2.75) is 12.4 Å². The zero-order valence-electron chi connectivity index (χ0n) is 10.9. The van der Waals surface area contributed by atoms with E-state index >= 15 is 0 Å². The molecule has 0 unspecified atom stereocenters. The highest BCUT2D eigenvalue weighted by Crippen LogP contribution is 2.26. The van der Waals surface area contributed by atoms with Crippen LogP contribution in [0.3, 0.4) is 0 Å². The Bertz CT molecular complexity index is 610. The molecule has 2 nitrogen and oxygen atoms in total. The minimum Gasteiger partial charge on any atom is -0.406 e. The molecule has 2 N–H and O–H groups in total. The Morgan fingerprint density at radius 1 is 0.864 bits per heavy atom. The fourth-order valence-corrected chi connectivity index (χ4v) is 1.82. The van der Waals surface area contributed by atoms with Gasteiger partial charge in [0, 0.05) is 6.07 Å². The van der Waals surface area contributed by atoms with Gasteiger partial charge in [0.15, 0.2) is 0 Å². The van der Waals surface area contributed by atoms with E-state index in [9.17, 15) is 22.0 Å². The summed E-state index contributed by atoms with van der Waals surface area (Å²) in [6.45, 7) is 0. The van der Waals surface area contributed by atoms with Gasteiger partial charge in [-0.25, -0.2) is 8.78 Å². The van der Waals surface area contributed by atoms with Crippen molar-refractivity contribution < 1.29 is 26.7 Å². The zero-order chi connectivity index (χ0) is 15.6. The molecule has 0 aliphatic rings. The van der Waals surface area contributed by atoms with Crippen LogP contribution in [0, 0.1) is 11.6 Å². The van der Waals surface area contributed by atoms with E-state index in [4.69, 9.17) is 5.73 Å². The van der Waals surface area contributed by atoms with Crippen LogP contribution < -0.4 is 10.5 Å². The Hall–Kier alpha value is -1.86. The number of ether oxygens (including phenoxy) is 1. The third kappa shape index (κ3) is 4.85. The Morgan fingerprint density at radius 2 is 1.36 bits per heavy atom. The molecule has 0 saturated carbocycles. The smallest absolute Gasteiger partial charge is 0.406 e. The zero-order valence-corrected chi connectivity index (χ0v) is 11.7. The van der Waals surface area contributed by atoms with Crippen molar-refractivity contribution in [1.29, 1.82) is 0 Å². The molecule has 0 aromatic heterocycles. The van der Waals surface area contributed by atoms with Crippen LogP contribution in [0.25, 0.3) is 0 Å². The maximum Gasteiger partial charge on any atom is 0.573 e. The van der Waals surface area contributed by atoms with Crippen molar-refractivity contribution in [2.75, 3.05) is 0 Å². The highest BCUT2D eigenvalue weighted by molar-refractivity contribution is 5.85. The lowest BCUT2D eigenvalue weighted by Gasteiger charge is -2.14. The second kappa shape index (κ2) is 6.93. The minimum absolute atomic E-state index is 0. The molecule has 0 aliphatic heterocycles. The third-order valence-electron chi connectivity index (χ3n) is 2.72. The molecule has 0 aliphatic carbocycles. The summed E-state index contributed by atoms with van der Waals surface area (Å²) in [5.41, 5.74) is 6.41. The average molecular weight is 340 g/mol. The summed E-state index contributed by atoms with van der Waals surface area (Å²) in [6.07, 6.45) is -4.78. The van der Waals surface area contributed by atoms with Crippen LogP contribution in [0.1, 0.15) is 17.2 Å². The Balaban J connectivity index is 0.00000242. The van der Waals surface area contributed by atoms with Gasteiger partial charge in [-0.1, -0.05) is 12.1 Å². The first-order chi connectivity index (χ1) is 9.74. The summed E-state index contributed by atoms with van der Waals surface area (Å²) in [6, 6.07) is 6.73. The molecule has 1 atom stereocenters. The normalized spacial score (nSPS) is 12.5. The molecular weight excluding hydrogens is 329 g/mol. The SMILES string of the molecule is Cl.N[C@H](c1ccc(OC(F)(F)F)cc1)c1cc(F)cc(F)c1. The van der Waals surface area contributed by atoms with Crippen LogP contribution in [0.4, 0.5) is 22.0 Å². The fraction of sp³-hybridized carbons (Fsp3) is 0.143. The molecule has 0 saturated heterocycles. The van der Waals surface area contributed by atoms with E-state index < -0.39 is 29.8 Å². The van der Waals surface area contributed by atoms with Crippen molar-refractivity contribution in [3.63, 3.8) is 0 Å². The molecule has 0 spiro atoms. The first-order valence-electron chi connectivity index (χ1n) is 5.82. The number of alkyl halides is 3. The maximum absolute atomic E-state index is 13.1. The van der Waals surface area contributed by atoms with E-state index in [0.29, 0.717) is 11.6 Å². The number of hydrogen-bond donors (Lipinski definition) is 1. The van der Waals surface area contributed by atoms with Crippen molar-refractivity contribution in [1.82, 2.24) is 0 Å². The van der Waals surface area contributed by atoms with Crippen LogP contribution in [-0.2, 0) is 0 Å². The van der Waals surface area contributed by atoms with E-state index in [-0.39, 0.29) is 18.0 Å². The number of halogens is 6. The van der Waals surface area contributed by atoms with Gasteiger partial charge in [0.25, 0.3) is 0 Å². The van der Waals surface area contributed by atoms with E-state index in [1.807, 2.05) is 0 Å². The Morgan fingerprint density at radius 3 is 1.82 bits per heavy atom. The topological polar surface area (TPSA) is 35.2 Å². The molecule has 8 heteroatoms. The van der Waals surface area contributed by atoms with Gasteiger partial charge in [0.1, 0.15) is 17.4 Å². The Labute approximate surface area is 129 Å². The first kappa shape index (κ1) is 18.2. The summed E-state index contributed by atoms with van der Waals surface area (Å²) in [5.74, 6) is -1.96. The van der Waals surface area contributed by atoms with E-state index in [0.717, 1.165) is 24.3 Å². The second-order valence-electron chi connectivity index (χ2n) is 4.30. The van der Waals surface area contributed by atoms with Gasteiger partial charge < -0.3 is 10.5 Å². The van der Waals surface area contributed by atoms with E-state index in [1.165, 1.54) is 12.1 Å². The van der Waals surface area contributed by atoms with Crippen molar-refractivity contribution in [2.24, 2.45) is 5.73 Å². The summed E-state index contributed by atoms with van der Waals surface area (Å²) in [4.78, 5) is 0. The van der Waals surface area contributed by atoms with Crippen LogP contribution in [-0.4, -0.2) is 6.36 Å². The standard InChI is InChI=1S/C14H10F5NO.ClH/c15-10-5-9(6-11(16)7-10)13(20)8-1-3-12(4-2-8)21-14(17,18)19;/h1-7,13H,20H2;1H/t13-;/m1./s1. The van der Waals surface area contributed by atoms with E-state index in [1.54, 1.807) is 0 Å². The van der Waals surface area contributed by atoms with E-state index in [2.05, 4.69) is 4.74 Å². The number of hydrogen-bond acceptors (Lipinski definition) is 2. The maximum atomic E-state index is 13.1. The molecule has 0 heterocycles. The molecule has 2 aromatic rings. The molecule has 0 radical (unpaired) electrons. The van der Waals surface area contributed by atoms with Gasteiger partial charge in [-0.3, -0.25) is 0 Å². The van der Waals surface area contributed by atoms with Crippen LogP contribution >= 0.6 is 12.4 Å². The molecule has 0 amide bonds. The molecule has 0 bridgehead atoms. The predicted octanol–water partition coefficient (Wildman–Crippen LogP) is 4.33. The highest BCUT2D eigenvalue weighted by Gasteiger charge is 2.31. The van der Waals surface area contributed by atoms with Crippen molar-refractivity contribution >= 4 is 12.4 Å². The molecule has 2 rings (SSSR count). The third-order valence-corrected chi connectivity index (χ3v) is 2.72. The van der Waals surface area contributed by atoms with Gasteiger partial charge >= 0.3 is 6.36 Å². The highest BCUT2D eigenvalue weighted by atomic mass is 35.5. The van der Waals surface area contributed by atoms with Crippen molar-refractivity contribution in [3.8, 4) is 5.75 Å². The fourth-order valence-electron chi connectivity index (χ4n) is 1.82. The molecular formula is C14H11ClF5NO. The molecule has 120 valence electrons. The van der Waals surface area contributed by atoms with Crippen LogP contribution in [0.5, 0.6) is 5.75 Å². The molecule has 2 aromatic carbocycles. The summed E-state index contributed by atoms with van der Waals surface area (Å²) in [7, 11) is 0. The number of nitrogens with two attached hydrogens (primary N) is 1. The van der Waals surface area contributed by atoms with Gasteiger partial charge in [-0.15, -0.1) is 25.6 Å². The Kier molecular flexibility index (Phi) is 5.73. The quantitative estimate of drug-likeness (QED) is 0.845. The van der Waals surface area contributed by atoms with Gasteiger partial charge in [0.05, 0.1) is 6.04 Å². The summed E-state index contributed by atoms with van der Waals surface area (Å²) in [5, 5.41) is 0.